The van der Waals surface area contributed by atoms with Crippen molar-refractivity contribution in [3.05, 3.63) is 108 Å². The lowest BCUT2D eigenvalue weighted by Gasteiger charge is -2.16. The molecule has 2 N–H and O–H groups in total. The van der Waals surface area contributed by atoms with Gasteiger partial charge in [-0.3, -0.25) is 4.99 Å². The summed E-state index contributed by atoms with van der Waals surface area (Å²) in [5, 5.41) is 0. The minimum absolute atomic E-state index is 0.448. The van der Waals surface area contributed by atoms with Gasteiger partial charge in [0.1, 0.15) is 0 Å². The van der Waals surface area contributed by atoms with E-state index in [0.717, 1.165) is 28.9 Å². The van der Waals surface area contributed by atoms with Crippen molar-refractivity contribution in [2.45, 2.75) is 26.8 Å². The molecule has 3 rings (SSSR count). The highest BCUT2D eigenvalue weighted by atomic mass is 14.7. The Kier molecular flexibility index (Phi) is 6.80. The largest absolute Gasteiger partial charge is 0.399 e. The Morgan fingerprint density at radius 1 is 0.893 bits per heavy atom. The average molecular weight is 369 g/mol. The fourth-order valence-electron chi connectivity index (χ4n) is 3.21. The first-order valence-corrected chi connectivity index (χ1v) is 9.88. The summed E-state index contributed by atoms with van der Waals surface area (Å²) in [4.78, 5) is 4.97. The summed E-state index contributed by atoms with van der Waals surface area (Å²) in [5.74, 6) is 0.448. The fraction of sp³-hybridized carbons (Fsp3) is 0.192. The second-order valence-corrected chi connectivity index (χ2v) is 7.09. The Bertz CT molecular complexity index is 940. The topological polar surface area (TPSA) is 38.4 Å². The minimum Gasteiger partial charge on any atom is -0.399 e. The second kappa shape index (κ2) is 9.70. The van der Waals surface area contributed by atoms with Crippen LogP contribution in [0.3, 0.4) is 0 Å². The third-order valence-electron chi connectivity index (χ3n) is 5.00. The quantitative estimate of drug-likeness (QED) is 0.381. The molecule has 0 saturated heterocycles. The lowest BCUT2D eigenvalue weighted by molar-refractivity contribution is 0.718. The zero-order chi connectivity index (χ0) is 19.8. The highest BCUT2D eigenvalue weighted by Gasteiger charge is 2.11. The molecule has 28 heavy (non-hydrogen) atoms. The van der Waals surface area contributed by atoms with Gasteiger partial charge in [-0.1, -0.05) is 86.6 Å². The van der Waals surface area contributed by atoms with Gasteiger partial charge >= 0.3 is 0 Å². The number of nitrogen functional groups attached to an aromatic ring is 1. The molecule has 0 heterocycles. The van der Waals surface area contributed by atoms with E-state index in [-0.39, 0.29) is 0 Å². The van der Waals surface area contributed by atoms with E-state index >= 15 is 0 Å². The molecule has 3 aromatic carbocycles. The molecule has 1 atom stereocenters. The molecule has 3 aromatic rings. The van der Waals surface area contributed by atoms with E-state index in [1.54, 1.807) is 0 Å². The molecule has 0 radical (unpaired) electrons. The van der Waals surface area contributed by atoms with Crippen LogP contribution in [0.1, 0.15) is 37.0 Å². The van der Waals surface area contributed by atoms with Crippen LogP contribution in [0.2, 0.25) is 0 Å². The predicted molar refractivity (Wildman–Crippen MR) is 121 cm³/mol. The Morgan fingerprint density at radius 2 is 1.54 bits per heavy atom. The lowest BCUT2D eigenvalue weighted by Crippen LogP contribution is -2.04. The van der Waals surface area contributed by atoms with E-state index in [1.165, 1.54) is 11.1 Å². The minimum atomic E-state index is 0.448. The number of hydrogen-bond acceptors (Lipinski definition) is 2. The van der Waals surface area contributed by atoms with Crippen LogP contribution in [-0.2, 0) is 6.54 Å². The maximum Gasteiger partial charge on any atom is 0.0653 e. The number of nitrogens with two attached hydrogens (primary N) is 1. The van der Waals surface area contributed by atoms with E-state index < -0.39 is 0 Å². The van der Waals surface area contributed by atoms with E-state index in [0.29, 0.717) is 12.5 Å². The van der Waals surface area contributed by atoms with Crippen LogP contribution in [0.4, 0.5) is 5.69 Å². The van der Waals surface area contributed by atoms with Gasteiger partial charge in [0.05, 0.1) is 12.3 Å². The van der Waals surface area contributed by atoms with Crippen molar-refractivity contribution in [1.82, 2.24) is 0 Å². The van der Waals surface area contributed by atoms with Crippen molar-refractivity contribution < 1.29 is 0 Å². The number of anilines is 1. The summed E-state index contributed by atoms with van der Waals surface area (Å²) < 4.78 is 0. The van der Waals surface area contributed by atoms with Gasteiger partial charge in [0.25, 0.3) is 0 Å². The second-order valence-electron chi connectivity index (χ2n) is 7.09. The maximum atomic E-state index is 5.93. The van der Waals surface area contributed by atoms with Crippen molar-refractivity contribution in [2.24, 2.45) is 10.9 Å². The molecule has 1 unspecified atom stereocenters. The average Bonchev–Trinajstić information content (AvgIpc) is 2.75. The van der Waals surface area contributed by atoms with E-state index in [1.807, 2.05) is 24.3 Å². The van der Waals surface area contributed by atoms with Gasteiger partial charge < -0.3 is 5.73 Å². The van der Waals surface area contributed by atoms with Gasteiger partial charge in [-0.25, -0.2) is 0 Å². The van der Waals surface area contributed by atoms with Crippen LogP contribution in [0.5, 0.6) is 0 Å². The summed E-state index contributed by atoms with van der Waals surface area (Å²) >= 11 is 0. The van der Waals surface area contributed by atoms with Crippen LogP contribution in [0, 0.1) is 5.92 Å². The number of nitrogens with zero attached hydrogens (tertiary/aromatic N) is 1. The molecule has 2 heteroatoms. The molecule has 0 saturated carbocycles. The van der Waals surface area contributed by atoms with E-state index in [4.69, 9.17) is 10.7 Å². The first kappa shape index (κ1) is 19.6. The highest BCUT2D eigenvalue weighted by Crippen LogP contribution is 2.26. The Hall–Kier alpha value is -3.13. The third-order valence-corrected chi connectivity index (χ3v) is 5.00. The van der Waals surface area contributed by atoms with Gasteiger partial charge in [0, 0.05) is 5.69 Å². The zero-order valence-electron chi connectivity index (χ0n) is 16.7. The van der Waals surface area contributed by atoms with Crippen molar-refractivity contribution >= 4 is 17.0 Å². The third kappa shape index (κ3) is 5.20. The number of hydrogen-bond donors (Lipinski definition) is 1. The highest BCUT2D eigenvalue weighted by molar-refractivity contribution is 6.12. The van der Waals surface area contributed by atoms with Gasteiger partial charge in [-0.15, -0.1) is 0 Å². The normalized spacial score (nSPS) is 13.4. The van der Waals surface area contributed by atoms with Crippen molar-refractivity contribution in [1.29, 1.82) is 0 Å². The van der Waals surface area contributed by atoms with Crippen molar-refractivity contribution in [3.63, 3.8) is 0 Å². The monoisotopic (exact) mass is 368 g/mol. The number of benzene rings is 3. The van der Waals surface area contributed by atoms with Gasteiger partial charge in [-0.2, -0.15) is 0 Å². The Labute approximate surface area is 168 Å². The first-order chi connectivity index (χ1) is 13.7. The molecule has 0 aliphatic rings. The number of allylic oxidation sites excluding steroid dienone is 2. The molecule has 0 spiro atoms. The van der Waals surface area contributed by atoms with Crippen LogP contribution in [0.25, 0.3) is 5.57 Å². The standard InChI is InChI=1S/C26H28N2/c1-3-20(2)25(22-12-6-4-7-13-22)18-26(23-14-8-5-9-15-23)28-19-21-11-10-16-24(27)17-21/h4-18,20H,3,19,27H2,1-2H3/b25-18+,28-26?. The molecular weight excluding hydrogens is 340 g/mol. The number of aliphatic imine (C=N–C) groups is 1. The van der Waals surface area contributed by atoms with Gasteiger partial charge in [0.2, 0.25) is 0 Å². The summed E-state index contributed by atoms with van der Waals surface area (Å²) in [5.41, 5.74) is 12.5. The summed E-state index contributed by atoms with van der Waals surface area (Å²) in [6.07, 6.45) is 3.34. The van der Waals surface area contributed by atoms with Crippen LogP contribution >= 0.6 is 0 Å². The Morgan fingerprint density at radius 3 is 2.14 bits per heavy atom. The molecule has 2 nitrogen and oxygen atoms in total. The molecule has 0 aliphatic carbocycles. The number of rotatable bonds is 7. The van der Waals surface area contributed by atoms with Crippen LogP contribution in [-0.4, -0.2) is 5.71 Å². The molecule has 0 aromatic heterocycles. The van der Waals surface area contributed by atoms with Gasteiger partial charge in [-0.05, 0) is 52.8 Å². The fourth-order valence-corrected chi connectivity index (χ4v) is 3.21. The predicted octanol–water partition coefficient (Wildman–Crippen LogP) is 6.39. The summed E-state index contributed by atoms with van der Waals surface area (Å²) in [6.45, 7) is 5.11. The zero-order valence-corrected chi connectivity index (χ0v) is 16.7. The maximum absolute atomic E-state index is 5.93. The molecular formula is C26H28N2. The summed E-state index contributed by atoms with van der Waals surface area (Å²) in [7, 11) is 0. The van der Waals surface area contributed by atoms with E-state index in [9.17, 15) is 0 Å². The van der Waals surface area contributed by atoms with Crippen LogP contribution in [0.15, 0.2) is 96.0 Å². The molecule has 0 amide bonds. The van der Waals surface area contributed by atoms with E-state index in [2.05, 4.69) is 80.6 Å². The molecule has 0 bridgehead atoms. The smallest absolute Gasteiger partial charge is 0.0653 e. The van der Waals surface area contributed by atoms with Gasteiger partial charge in [0.15, 0.2) is 0 Å². The van der Waals surface area contributed by atoms with Crippen molar-refractivity contribution in [3.8, 4) is 0 Å². The molecule has 0 fully saturated rings. The first-order valence-electron chi connectivity index (χ1n) is 9.88. The lowest BCUT2D eigenvalue weighted by atomic mass is 9.90. The van der Waals surface area contributed by atoms with Crippen LogP contribution < -0.4 is 5.73 Å². The SMILES string of the molecule is CCC(C)/C(=C\C(=NCc1cccc(N)c1)c1ccccc1)c1ccccc1. The molecule has 142 valence electrons. The van der Waals surface area contributed by atoms with Crippen molar-refractivity contribution in [2.75, 3.05) is 5.73 Å². The Balaban J connectivity index is 2.04. The summed E-state index contributed by atoms with van der Waals surface area (Å²) in [6, 6.07) is 28.9. The molecule has 0 aliphatic heterocycles.